The lowest BCUT2D eigenvalue weighted by molar-refractivity contribution is 0.0690. The van der Waals surface area contributed by atoms with Crippen molar-refractivity contribution >= 4 is 12.1 Å². The first-order chi connectivity index (χ1) is 11.1. The average molecular weight is 316 g/mol. The molecule has 1 amide bonds. The molecule has 2 aromatic rings. The summed E-state index contributed by atoms with van der Waals surface area (Å²) >= 11 is 0. The van der Waals surface area contributed by atoms with E-state index in [-0.39, 0.29) is 18.2 Å². The van der Waals surface area contributed by atoms with Crippen LogP contribution < -0.4 is 5.32 Å². The van der Waals surface area contributed by atoms with E-state index in [1.807, 2.05) is 30.3 Å². The molecule has 1 aromatic carbocycles. The fourth-order valence-electron chi connectivity index (χ4n) is 1.91. The van der Waals surface area contributed by atoms with E-state index in [9.17, 15) is 9.59 Å². The van der Waals surface area contributed by atoms with Crippen LogP contribution in [0.2, 0.25) is 0 Å². The Labute approximate surface area is 132 Å². The summed E-state index contributed by atoms with van der Waals surface area (Å²) in [5.74, 6) is -1.10. The van der Waals surface area contributed by atoms with Crippen molar-refractivity contribution in [3.05, 3.63) is 66.4 Å². The van der Waals surface area contributed by atoms with Gasteiger partial charge in [0, 0.05) is 6.42 Å². The van der Waals surface area contributed by atoms with Crippen molar-refractivity contribution in [3.8, 4) is 0 Å². The number of nitrogens with zero attached hydrogens (tertiary/aromatic N) is 1. The lowest BCUT2D eigenvalue weighted by Gasteiger charge is -2.15. The van der Waals surface area contributed by atoms with Crippen LogP contribution in [0.25, 0.3) is 0 Å². The SMILES string of the molecule is C=CCOC(=O)N[C@@H](Cc1ccccc1)c1nc(C(=O)O)co1. The number of benzene rings is 1. The van der Waals surface area contributed by atoms with Gasteiger partial charge >= 0.3 is 12.1 Å². The highest BCUT2D eigenvalue weighted by Gasteiger charge is 2.22. The molecule has 23 heavy (non-hydrogen) atoms. The summed E-state index contributed by atoms with van der Waals surface area (Å²) in [5.41, 5.74) is 0.705. The highest BCUT2D eigenvalue weighted by molar-refractivity contribution is 5.84. The third kappa shape index (κ3) is 4.70. The summed E-state index contributed by atoms with van der Waals surface area (Å²) in [4.78, 5) is 26.5. The molecule has 0 bridgehead atoms. The largest absolute Gasteiger partial charge is 0.476 e. The number of amides is 1. The number of aromatic nitrogens is 1. The molecule has 0 radical (unpaired) electrons. The highest BCUT2D eigenvalue weighted by atomic mass is 16.5. The number of rotatable bonds is 7. The number of oxazole rings is 1. The lowest BCUT2D eigenvalue weighted by atomic mass is 10.1. The van der Waals surface area contributed by atoms with E-state index in [2.05, 4.69) is 16.9 Å². The minimum Gasteiger partial charge on any atom is -0.476 e. The van der Waals surface area contributed by atoms with Gasteiger partial charge in [-0.25, -0.2) is 14.6 Å². The molecule has 2 N–H and O–H groups in total. The van der Waals surface area contributed by atoms with Crippen LogP contribution in [0.3, 0.4) is 0 Å². The summed E-state index contributed by atoms with van der Waals surface area (Å²) in [6.45, 7) is 3.52. The molecule has 7 nitrogen and oxygen atoms in total. The number of nitrogens with one attached hydrogen (secondary N) is 1. The van der Waals surface area contributed by atoms with Gasteiger partial charge in [0.15, 0.2) is 5.69 Å². The molecule has 2 rings (SSSR count). The molecule has 1 atom stereocenters. The highest BCUT2D eigenvalue weighted by Crippen LogP contribution is 2.18. The second-order valence-electron chi connectivity index (χ2n) is 4.65. The topological polar surface area (TPSA) is 102 Å². The third-order valence-corrected chi connectivity index (χ3v) is 2.95. The third-order valence-electron chi connectivity index (χ3n) is 2.95. The maximum absolute atomic E-state index is 11.7. The normalized spacial score (nSPS) is 11.5. The average Bonchev–Trinajstić information content (AvgIpc) is 3.03. The molecule has 1 aromatic heterocycles. The van der Waals surface area contributed by atoms with E-state index in [1.165, 1.54) is 6.08 Å². The Bertz CT molecular complexity index is 681. The molecule has 7 heteroatoms. The van der Waals surface area contributed by atoms with Crippen LogP contribution in [0.15, 0.2) is 53.7 Å². The van der Waals surface area contributed by atoms with Crippen molar-refractivity contribution in [2.75, 3.05) is 6.61 Å². The van der Waals surface area contributed by atoms with E-state index in [0.29, 0.717) is 6.42 Å². The van der Waals surface area contributed by atoms with Gasteiger partial charge in [-0.15, -0.1) is 0 Å². The fraction of sp³-hybridized carbons (Fsp3) is 0.188. The van der Waals surface area contributed by atoms with Crippen molar-refractivity contribution < 1.29 is 23.8 Å². The molecule has 0 saturated heterocycles. The van der Waals surface area contributed by atoms with Crippen LogP contribution in [0.5, 0.6) is 0 Å². The van der Waals surface area contributed by atoms with Gasteiger partial charge in [0.1, 0.15) is 18.9 Å². The van der Waals surface area contributed by atoms with Crippen molar-refractivity contribution in [2.24, 2.45) is 0 Å². The molecule has 0 spiro atoms. The Balaban J connectivity index is 2.17. The molecule has 1 heterocycles. The van der Waals surface area contributed by atoms with Crippen LogP contribution in [-0.4, -0.2) is 28.8 Å². The molecular formula is C16H16N2O5. The molecular weight excluding hydrogens is 300 g/mol. The van der Waals surface area contributed by atoms with Crippen LogP contribution in [0.1, 0.15) is 28.0 Å². The summed E-state index contributed by atoms with van der Waals surface area (Å²) in [6, 6.07) is 8.71. The predicted octanol–water partition coefficient (Wildman–Crippen LogP) is 2.57. The van der Waals surface area contributed by atoms with Crippen LogP contribution in [0.4, 0.5) is 4.79 Å². The Morgan fingerprint density at radius 2 is 2.13 bits per heavy atom. The summed E-state index contributed by atoms with van der Waals surface area (Å²) in [5, 5.41) is 11.5. The van der Waals surface area contributed by atoms with E-state index in [4.69, 9.17) is 14.3 Å². The van der Waals surface area contributed by atoms with Crippen molar-refractivity contribution in [3.63, 3.8) is 0 Å². The number of carbonyl (C=O) groups excluding carboxylic acids is 1. The minimum atomic E-state index is -1.20. The van der Waals surface area contributed by atoms with Gasteiger partial charge in [0.25, 0.3) is 0 Å². The minimum absolute atomic E-state index is 0.0653. The van der Waals surface area contributed by atoms with Gasteiger partial charge in [-0.1, -0.05) is 43.0 Å². The molecule has 120 valence electrons. The van der Waals surface area contributed by atoms with Crippen LogP contribution >= 0.6 is 0 Å². The lowest BCUT2D eigenvalue weighted by Crippen LogP contribution is -2.31. The molecule has 0 unspecified atom stereocenters. The van der Waals surface area contributed by atoms with Crippen LogP contribution in [0, 0.1) is 0 Å². The van der Waals surface area contributed by atoms with Gasteiger partial charge < -0.3 is 19.6 Å². The Morgan fingerprint density at radius 3 is 2.74 bits per heavy atom. The van der Waals surface area contributed by atoms with Gasteiger partial charge in [-0.05, 0) is 5.56 Å². The number of alkyl carbamates (subject to hydrolysis) is 1. The van der Waals surface area contributed by atoms with Crippen molar-refractivity contribution in [1.29, 1.82) is 0 Å². The van der Waals surface area contributed by atoms with Crippen LogP contribution in [-0.2, 0) is 11.2 Å². The number of aromatic carboxylic acids is 1. The Kier molecular flexibility index (Phi) is 5.51. The standard InChI is InChI=1S/C16H16N2O5/c1-2-8-22-16(21)18-12(9-11-6-4-3-5-7-11)14-17-13(10-23-14)15(19)20/h2-7,10,12H,1,8-9H2,(H,18,21)(H,19,20)/t12-/m0/s1. The molecule has 0 aliphatic rings. The summed E-state index contributed by atoms with van der Waals surface area (Å²) in [6.07, 6.45) is 2.19. The first kappa shape index (κ1) is 16.3. The molecule has 0 saturated carbocycles. The quantitative estimate of drug-likeness (QED) is 0.761. The van der Waals surface area contributed by atoms with E-state index < -0.39 is 18.1 Å². The number of carboxylic acid groups (broad SMARTS) is 1. The number of hydrogen-bond donors (Lipinski definition) is 2. The van der Waals surface area contributed by atoms with Crippen molar-refractivity contribution in [1.82, 2.24) is 10.3 Å². The number of ether oxygens (including phenoxy) is 1. The van der Waals surface area contributed by atoms with E-state index in [1.54, 1.807) is 0 Å². The maximum Gasteiger partial charge on any atom is 0.408 e. The van der Waals surface area contributed by atoms with Gasteiger partial charge in [0.2, 0.25) is 5.89 Å². The number of carboxylic acids is 1. The number of carbonyl (C=O) groups is 2. The zero-order valence-corrected chi connectivity index (χ0v) is 12.3. The summed E-state index contributed by atoms with van der Waals surface area (Å²) in [7, 11) is 0. The smallest absolute Gasteiger partial charge is 0.408 e. The second kappa shape index (κ2) is 7.79. The maximum atomic E-state index is 11.7. The first-order valence-electron chi connectivity index (χ1n) is 6.87. The van der Waals surface area contributed by atoms with E-state index >= 15 is 0 Å². The van der Waals surface area contributed by atoms with Gasteiger partial charge in [-0.3, -0.25) is 0 Å². The van der Waals surface area contributed by atoms with E-state index in [0.717, 1.165) is 11.8 Å². The Hall–Kier alpha value is -3.09. The first-order valence-corrected chi connectivity index (χ1v) is 6.87. The second-order valence-corrected chi connectivity index (χ2v) is 4.65. The zero-order chi connectivity index (χ0) is 16.7. The summed E-state index contributed by atoms with van der Waals surface area (Å²) < 4.78 is 10.1. The van der Waals surface area contributed by atoms with Crippen molar-refractivity contribution in [2.45, 2.75) is 12.5 Å². The number of hydrogen-bond acceptors (Lipinski definition) is 5. The predicted molar refractivity (Wildman–Crippen MR) is 81.0 cm³/mol. The zero-order valence-electron chi connectivity index (χ0n) is 12.3. The molecule has 0 fully saturated rings. The fourth-order valence-corrected chi connectivity index (χ4v) is 1.91. The van der Waals surface area contributed by atoms with Gasteiger partial charge in [0.05, 0.1) is 0 Å². The molecule has 0 aliphatic carbocycles. The van der Waals surface area contributed by atoms with Gasteiger partial charge in [-0.2, -0.15) is 0 Å². The Morgan fingerprint density at radius 1 is 1.39 bits per heavy atom. The molecule has 0 aliphatic heterocycles. The monoisotopic (exact) mass is 316 g/mol.